The number of nitrogens with zero attached hydrogens (tertiary/aromatic N) is 2. The Labute approximate surface area is 185 Å². The number of primary amides is 1. The molecular formula is C19H10ClF4N5O2S. The highest BCUT2D eigenvalue weighted by molar-refractivity contribution is 7.21. The van der Waals surface area contributed by atoms with E-state index < -0.39 is 29.5 Å². The highest BCUT2D eigenvalue weighted by Crippen LogP contribution is 2.43. The van der Waals surface area contributed by atoms with E-state index in [4.69, 9.17) is 17.3 Å². The first-order chi connectivity index (χ1) is 15.1. The molecule has 0 aliphatic carbocycles. The van der Waals surface area contributed by atoms with Crippen LogP contribution < -0.4 is 11.1 Å². The van der Waals surface area contributed by atoms with Gasteiger partial charge in [0.1, 0.15) is 26.9 Å². The van der Waals surface area contributed by atoms with E-state index >= 15 is 0 Å². The van der Waals surface area contributed by atoms with Crippen molar-refractivity contribution < 1.29 is 27.2 Å². The Bertz CT molecular complexity index is 1360. The zero-order valence-electron chi connectivity index (χ0n) is 15.6. The molecule has 0 saturated heterocycles. The molecule has 0 unspecified atom stereocenters. The number of hydrogen-bond donors (Lipinski definition) is 3. The molecule has 4 rings (SSSR count). The smallest absolute Gasteiger partial charge is 0.365 e. The van der Waals surface area contributed by atoms with Crippen LogP contribution in [0.15, 0.2) is 36.5 Å². The van der Waals surface area contributed by atoms with E-state index in [1.54, 1.807) is 0 Å². The van der Waals surface area contributed by atoms with Crippen LogP contribution in [0.1, 0.15) is 25.9 Å². The summed E-state index contributed by atoms with van der Waals surface area (Å²) >= 11 is 6.48. The molecule has 2 amide bonds. The Morgan fingerprint density at radius 2 is 1.88 bits per heavy atom. The van der Waals surface area contributed by atoms with Gasteiger partial charge in [0.25, 0.3) is 11.8 Å². The van der Waals surface area contributed by atoms with E-state index in [2.05, 4.69) is 20.5 Å². The maximum atomic E-state index is 13.5. The average molecular weight is 484 g/mol. The van der Waals surface area contributed by atoms with Crippen LogP contribution in [0.3, 0.4) is 0 Å². The average Bonchev–Trinajstić information content (AvgIpc) is 3.31. The summed E-state index contributed by atoms with van der Waals surface area (Å²) < 4.78 is 53.8. The van der Waals surface area contributed by atoms with Crippen LogP contribution in [0.4, 0.5) is 23.2 Å². The van der Waals surface area contributed by atoms with E-state index in [1.165, 1.54) is 18.3 Å². The number of H-pyrrole nitrogens is 1. The fourth-order valence-corrected chi connectivity index (χ4v) is 4.18. The van der Waals surface area contributed by atoms with Crippen molar-refractivity contribution in [2.75, 3.05) is 5.32 Å². The van der Waals surface area contributed by atoms with Gasteiger partial charge in [-0.05, 0) is 29.3 Å². The number of hydrogen-bond acceptors (Lipinski definition) is 5. The molecule has 0 saturated carbocycles. The van der Waals surface area contributed by atoms with Crippen molar-refractivity contribution in [3.8, 4) is 11.1 Å². The largest absolute Gasteiger partial charge is 0.433 e. The number of thiophene rings is 1. The molecule has 0 aliphatic heterocycles. The van der Waals surface area contributed by atoms with Gasteiger partial charge in [0.2, 0.25) is 0 Å². The standard InChI is InChI=1S/C19H10ClF4N5O2S/c20-10-6-26-29-13(10)17(31)28-14-12-9(7-1-3-8(21)4-2-7)5-11(19(22,23)24)27-18(12)32-15(14)16(25)30/h1-6H,(H2,25,30)(H,26,29)(H,28,31). The summed E-state index contributed by atoms with van der Waals surface area (Å²) in [5.74, 6) is -2.39. The number of nitrogens with one attached hydrogen (secondary N) is 2. The lowest BCUT2D eigenvalue weighted by molar-refractivity contribution is -0.140. The number of halogens is 5. The first-order valence-corrected chi connectivity index (χ1v) is 9.86. The number of rotatable bonds is 4. The normalized spacial score (nSPS) is 11.7. The van der Waals surface area contributed by atoms with Crippen molar-refractivity contribution in [1.29, 1.82) is 0 Å². The molecule has 0 radical (unpaired) electrons. The third-order valence-electron chi connectivity index (χ3n) is 4.39. The zero-order valence-corrected chi connectivity index (χ0v) is 17.1. The molecule has 0 fully saturated rings. The van der Waals surface area contributed by atoms with Gasteiger partial charge >= 0.3 is 6.18 Å². The molecular weight excluding hydrogens is 474 g/mol. The van der Waals surface area contributed by atoms with Gasteiger partial charge in [0, 0.05) is 5.39 Å². The van der Waals surface area contributed by atoms with E-state index in [-0.39, 0.29) is 42.6 Å². The molecule has 13 heteroatoms. The molecule has 3 heterocycles. The number of fused-ring (bicyclic) bond motifs is 1. The summed E-state index contributed by atoms with van der Waals surface area (Å²) in [7, 11) is 0. The molecule has 4 aromatic rings. The third-order valence-corrected chi connectivity index (χ3v) is 5.77. The lowest BCUT2D eigenvalue weighted by Gasteiger charge is -2.12. The van der Waals surface area contributed by atoms with Gasteiger partial charge in [-0.25, -0.2) is 9.37 Å². The zero-order chi connectivity index (χ0) is 23.2. The lowest BCUT2D eigenvalue weighted by atomic mass is 10.0. The molecule has 7 nitrogen and oxygen atoms in total. The van der Waals surface area contributed by atoms with Crippen molar-refractivity contribution in [3.63, 3.8) is 0 Å². The summed E-state index contributed by atoms with van der Waals surface area (Å²) in [5.41, 5.74) is 4.08. The first kappa shape index (κ1) is 21.7. The highest BCUT2D eigenvalue weighted by atomic mass is 35.5. The van der Waals surface area contributed by atoms with Gasteiger partial charge in [-0.15, -0.1) is 11.3 Å². The van der Waals surface area contributed by atoms with Crippen molar-refractivity contribution in [2.45, 2.75) is 6.18 Å². The minimum absolute atomic E-state index is 0.0149. The molecule has 32 heavy (non-hydrogen) atoms. The maximum absolute atomic E-state index is 13.5. The Morgan fingerprint density at radius 1 is 1.19 bits per heavy atom. The highest BCUT2D eigenvalue weighted by Gasteiger charge is 2.35. The number of nitrogens with two attached hydrogens (primary N) is 1. The van der Waals surface area contributed by atoms with Crippen LogP contribution in [0, 0.1) is 5.82 Å². The van der Waals surface area contributed by atoms with Gasteiger partial charge in [-0.3, -0.25) is 14.7 Å². The summed E-state index contributed by atoms with van der Waals surface area (Å²) in [6.07, 6.45) is -3.62. The van der Waals surface area contributed by atoms with E-state index in [0.717, 1.165) is 18.2 Å². The van der Waals surface area contributed by atoms with Crippen LogP contribution in [0.25, 0.3) is 21.3 Å². The minimum Gasteiger partial charge on any atom is -0.365 e. The van der Waals surface area contributed by atoms with E-state index in [1.807, 2.05) is 0 Å². The summed E-state index contributed by atoms with van der Waals surface area (Å²) in [4.78, 5) is 27.9. The van der Waals surface area contributed by atoms with Gasteiger partial charge in [0.05, 0.1) is 16.9 Å². The van der Waals surface area contributed by atoms with E-state index in [9.17, 15) is 27.2 Å². The molecule has 164 valence electrons. The van der Waals surface area contributed by atoms with Crippen molar-refractivity contribution >= 4 is 50.7 Å². The molecule has 0 bridgehead atoms. The van der Waals surface area contributed by atoms with Gasteiger partial charge < -0.3 is 11.1 Å². The number of aromatic nitrogens is 3. The number of carbonyl (C=O) groups is 2. The number of aromatic amines is 1. The quantitative estimate of drug-likeness (QED) is 0.360. The molecule has 0 atom stereocenters. The predicted molar refractivity (Wildman–Crippen MR) is 110 cm³/mol. The molecule has 4 N–H and O–H groups in total. The van der Waals surface area contributed by atoms with Crippen molar-refractivity contribution in [3.05, 3.63) is 63.6 Å². The minimum atomic E-state index is -4.80. The van der Waals surface area contributed by atoms with E-state index in [0.29, 0.717) is 11.3 Å². The lowest BCUT2D eigenvalue weighted by Crippen LogP contribution is -2.17. The van der Waals surface area contributed by atoms with Gasteiger partial charge in [0.15, 0.2) is 0 Å². The maximum Gasteiger partial charge on any atom is 0.433 e. The predicted octanol–water partition coefficient (Wildman–Crippen LogP) is 4.85. The van der Waals surface area contributed by atoms with Crippen molar-refractivity contribution in [2.24, 2.45) is 5.73 Å². The monoisotopic (exact) mass is 483 g/mol. The second-order valence-corrected chi connectivity index (χ2v) is 7.86. The van der Waals surface area contributed by atoms with Crippen LogP contribution in [-0.2, 0) is 6.18 Å². The Hall–Kier alpha value is -3.51. The van der Waals surface area contributed by atoms with Crippen LogP contribution in [0.5, 0.6) is 0 Å². The molecule has 0 aliphatic rings. The Morgan fingerprint density at radius 3 is 2.44 bits per heavy atom. The summed E-state index contributed by atoms with van der Waals surface area (Å²) in [5, 5.41) is 8.48. The number of amides is 2. The summed E-state index contributed by atoms with van der Waals surface area (Å²) in [6.45, 7) is 0. The first-order valence-electron chi connectivity index (χ1n) is 8.67. The fraction of sp³-hybridized carbons (Fsp3) is 0.0526. The Balaban J connectivity index is 2.00. The number of pyridine rings is 1. The number of carbonyl (C=O) groups excluding carboxylic acids is 2. The van der Waals surface area contributed by atoms with Crippen LogP contribution in [-0.4, -0.2) is 27.0 Å². The van der Waals surface area contributed by atoms with Gasteiger partial charge in [-0.1, -0.05) is 23.7 Å². The van der Waals surface area contributed by atoms with Gasteiger partial charge in [-0.2, -0.15) is 18.3 Å². The van der Waals surface area contributed by atoms with Crippen molar-refractivity contribution in [1.82, 2.24) is 15.2 Å². The third kappa shape index (κ3) is 3.89. The molecule has 1 aromatic carbocycles. The topological polar surface area (TPSA) is 114 Å². The number of alkyl halides is 3. The number of benzene rings is 1. The second kappa shape index (κ2) is 7.88. The molecule has 3 aromatic heterocycles. The number of anilines is 1. The molecule has 0 spiro atoms. The fourth-order valence-electron chi connectivity index (χ4n) is 3.00. The second-order valence-electron chi connectivity index (χ2n) is 6.46. The van der Waals surface area contributed by atoms with Crippen LogP contribution in [0.2, 0.25) is 5.02 Å². The van der Waals surface area contributed by atoms with Crippen LogP contribution >= 0.6 is 22.9 Å². The Kier molecular flexibility index (Phi) is 5.34. The summed E-state index contributed by atoms with van der Waals surface area (Å²) in [6, 6.07) is 5.43. The SMILES string of the molecule is NC(=O)c1sc2nc(C(F)(F)F)cc(-c3ccc(F)cc3)c2c1NC(=O)c1[nH]ncc1Cl.